The second-order valence-corrected chi connectivity index (χ2v) is 4.81. The lowest BCUT2D eigenvalue weighted by atomic mass is 10.2. The van der Waals surface area contributed by atoms with Crippen molar-refractivity contribution in [2.24, 2.45) is 0 Å². The van der Waals surface area contributed by atoms with Gasteiger partial charge in [0.05, 0.1) is 5.56 Å². The summed E-state index contributed by atoms with van der Waals surface area (Å²) in [4.78, 5) is 1.99. The van der Waals surface area contributed by atoms with Crippen LogP contribution in [0.4, 0.5) is 18.9 Å². The number of rotatable bonds is 1. The number of alkyl halides is 3. The standard InChI is InChI=1S/C11H11BrF3N/c12-9-5-8(11(13,14)15)6-10(7-9)16-3-1-2-4-16/h5-7H,1-4H2. The molecule has 0 bridgehead atoms. The second-order valence-electron chi connectivity index (χ2n) is 3.89. The average Bonchev–Trinajstić information content (AvgIpc) is 2.68. The molecule has 1 heterocycles. The summed E-state index contributed by atoms with van der Waals surface area (Å²) < 4.78 is 38.3. The SMILES string of the molecule is FC(F)(F)c1cc(Br)cc(N2CCCC2)c1. The Morgan fingerprint density at radius 3 is 2.25 bits per heavy atom. The summed E-state index contributed by atoms with van der Waals surface area (Å²) in [5.41, 5.74) is 0.0583. The van der Waals surface area contributed by atoms with Gasteiger partial charge in [-0.05, 0) is 31.0 Å². The van der Waals surface area contributed by atoms with Crippen LogP contribution in [0.3, 0.4) is 0 Å². The molecule has 16 heavy (non-hydrogen) atoms. The highest BCUT2D eigenvalue weighted by Crippen LogP contribution is 2.35. The summed E-state index contributed by atoms with van der Waals surface area (Å²) in [5, 5.41) is 0. The lowest BCUT2D eigenvalue weighted by molar-refractivity contribution is -0.137. The Balaban J connectivity index is 2.35. The molecule has 5 heteroatoms. The van der Waals surface area contributed by atoms with E-state index in [1.807, 2.05) is 4.90 Å². The molecule has 0 spiro atoms. The van der Waals surface area contributed by atoms with Crippen molar-refractivity contribution in [3.8, 4) is 0 Å². The number of halogens is 4. The molecular formula is C11H11BrF3N. The van der Waals surface area contributed by atoms with Crippen molar-refractivity contribution in [3.05, 3.63) is 28.2 Å². The van der Waals surface area contributed by atoms with Crippen LogP contribution in [0.15, 0.2) is 22.7 Å². The summed E-state index contributed by atoms with van der Waals surface area (Å²) in [6.45, 7) is 1.68. The molecule has 1 fully saturated rings. The van der Waals surface area contributed by atoms with Crippen LogP contribution in [0, 0.1) is 0 Å². The molecule has 0 radical (unpaired) electrons. The van der Waals surface area contributed by atoms with Crippen LogP contribution in [0.5, 0.6) is 0 Å². The van der Waals surface area contributed by atoms with Crippen LogP contribution in [0.25, 0.3) is 0 Å². The maximum absolute atomic E-state index is 12.6. The number of nitrogens with zero attached hydrogens (tertiary/aromatic N) is 1. The van der Waals surface area contributed by atoms with E-state index < -0.39 is 11.7 Å². The maximum atomic E-state index is 12.6. The lowest BCUT2D eigenvalue weighted by Crippen LogP contribution is -2.18. The second kappa shape index (κ2) is 4.28. The molecule has 1 aliphatic rings. The van der Waals surface area contributed by atoms with Gasteiger partial charge in [0.25, 0.3) is 0 Å². The molecule has 1 aromatic rings. The number of hydrogen-bond acceptors (Lipinski definition) is 1. The van der Waals surface area contributed by atoms with E-state index in [0.717, 1.165) is 32.0 Å². The Labute approximate surface area is 100 Å². The first kappa shape index (κ1) is 11.8. The molecule has 1 saturated heterocycles. The van der Waals surface area contributed by atoms with Gasteiger partial charge < -0.3 is 4.90 Å². The van der Waals surface area contributed by atoms with E-state index in [4.69, 9.17) is 0 Å². The predicted octanol–water partition coefficient (Wildman–Crippen LogP) is 4.07. The summed E-state index contributed by atoms with van der Waals surface area (Å²) in [6.07, 6.45) is -2.18. The maximum Gasteiger partial charge on any atom is 0.416 e. The average molecular weight is 294 g/mol. The van der Waals surface area contributed by atoms with Crippen LogP contribution >= 0.6 is 15.9 Å². The van der Waals surface area contributed by atoms with Crippen LogP contribution in [-0.2, 0) is 6.18 Å². The number of benzene rings is 1. The minimum Gasteiger partial charge on any atom is -0.371 e. The Kier molecular flexibility index (Phi) is 3.15. The molecular weight excluding hydrogens is 283 g/mol. The molecule has 1 aliphatic heterocycles. The van der Waals surface area contributed by atoms with Crippen molar-refractivity contribution in [1.82, 2.24) is 0 Å². The zero-order valence-corrected chi connectivity index (χ0v) is 10.1. The number of anilines is 1. The fraction of sp³-hybridized carbons (Fsp3) is 0.455. The van der Waals surface area contributed by atoms with Gasteiger partial charge in [-0.1, -0.05) is 15.9 Å². The van der Waals surface area contributed by atoms with Crippen molar-refractivity contribution in [2.75, 3.05) is 18.0 Å². The predicted molar refractivity (Wildman–Crippen MR) is 60.6 cm³/mol. The first-order valence-corrected chi connectivity index (χ1v) is 5.89. The topological polar surface area (TPSA) is 3.24 Å². The smallest absolute Gasteiger partial charge is 0.371 e. The highest BCUT2D eigenvalue weighted by Gasteiger charge is 2.31. The van der Waals surface area contributed by atoms with Gasteiger partial charge in [0.2, 0.25) is 0 Å². The van der Waals surface area contributed by atoms with Crippen molar-refractivity contribution >= 4 is 21.6 Å². The van der Waals surface area contributed by atoms with E-state index in [0.29, 0.717) is 10.2 Å². The third-order valence-electron chi connectivity index (χ3n) is 2.68. The van der Waals surface area contributed by atoms with Gasteiger partial charge in [-0.15, -0.1) is 0 Å². The Hall–Kier alpha value is -0.710. The normalized spacial score (nSPS) is 16.9. The minimum atomic E-state index is -4.28. The molecule has 0 aromatic heterocycles. The van der Waals surface area contributed by atoms with E-state index in [1.54, 1.807) is 6.07 Å². The van der Waals surface area contributed by atoms with Gasteiger partial charge in [0, 0.05) is 23.2 Å². The zero-order valence-electron chi connectivity index (χ0n) is 8.52. The lowest BCUT2D eigenvalue weighted by Gasteiger charge is -2.19. The van der Waals surface area contributed by atoms with E-state index >= 15 is 0 Å². The third kappa shape index (κ3) is 2.51. The Morgan fingerprint density at radius 2 is 1.69 bits per heavy atom. The molecule has 88 valence electrons. The monoisotopic (exact) mass is 293 g/mol. The first-order valence-electron chi connectivity index (χ1n) is 5.09. The van der Waals surface area contributed by atoms with Gasteiger partial charge in [-0.2, -0.15) is 13.2 Å². The highest BCUT2D eigenvalue weighted by atomic mass is 79.9. The molecule has 1 nitrogen and oxygen atoms in total. The molecule has 0 amide bonds. The molecule has 0 atom stereocenters. The molecule has 0 N–H and O–H groups in total. The summed E-state index contributed by atoms with van der Waals surface area (Å²) in [7, 11) is 0. The van der Waals surface area contributed by atoms with Gasteiger partial charge >= 0.3 is 6.18 Å². The van der Waals surface area contributed by atoms with Crippen molar-refractivity contribution in [1.29, 1.82) is 0 Å². The van der Waals surface area contributed by atoms with Gasteiger partial charge in [0.1, 0.15) is 0 Å². The first-order chi connectivity index (χ1) is 7.47. The van der Waals surface area contributed by atoms with Crippen LogP contribution in [0.2, 0.25) is 0 Å². The molecule has 0 unspecified atom stereocenters. The molecule has 0 saturated carbocycles. The van der Waals surface area contributed by atoms with Crippen LogP contribution < -0.4 is 4.90 Å². The Morgan fingerprint density at radius 1 is 1.06 bits per heavy atom. The van der Waals surface area contributed by atoms with E-state index in [9.17, 15) is 13.2 Å². The van der Waals surface area contributed by atoms with Gasteiger partial charge in [-0.3, -0.25) is 0 Å². The van der Waals surface area contributed by atoms with Crippen molar-refractivity contribution < 1.29 is 13.2 Å². The zero-order chi connectivity index (χ0) is 11.8. The van der Waals surface area contributed by atoms with E-state index in [-0.39, 0.29) is 0 Å². The Bertz CT molecular complexity index is 383. The van der Waals surface area contributed by atoms with Gasteiger partial charge in [0.15, 0.2) is 0 Å². The quantitative estimate of drug-likeness (QED) is 0.754. The van der Waals surface area contributed by atoms with Crippen LogP contribution in [0.1, 0.15) is 18.4 Å². The van der Waals surface area contributed by atoms with Gasteiger partial charge in [-0.25, -0.2) is 0 Å². The van der Waals surface area contributed by atoms with Crippen molar-refractivity contribution in [3.63, 3.8) is 0 Å². The molecule has 0 aliphatic carbocycles. The van der Waals surface area contributed by atoms with E-state index in [2.05, 4.69) is 15.9 Å². The highest BCUT2D eigenvalue weighted by molar-refractivity contribution is 9.10. The van der Waals surface area contributed by atoms with Crippen molar-refractivity contribution in [2.45, 2.75) is 19.0 Å². The van der Waals surface area contributed by atoms with E-state index in [1.165, 1.54) is 6.07 Å². The molecule has 1 aromatic carbocycles. The van der Waals surface area contributed by atoms with Crippen LogP contribution in [-0.4, -0.2) is 13.1 Å². The summed E-state index contributed by atoms with van der Waals surface area (Å²) >= 11 is 3.13. The minimum absolute atomic E-state index is 0.476. The summed E-state index contributed by atoms with van der Waals surface area (Å²) in [6, 6.07) is 4.07. The summed E-state index contributed by atoms with van der Waals surface area (Å²) in [5.74, 6) is 0. The fourth-order valence-electron chi connectivity index (χ4n) is 1.90. The number of hydrogen-bond donors (Lipinski definition) is 0. The third-order valence-corrected chi connectivity index (χ3v) is 3.14. The fourth-order valence-corrected chi connectivity index (χ4v) is 2.38. The molecule has 2 rings (SSSR count). The largest absolute Gasteiger partial charge is 0.416 e.